The van der Waals surface area contributed by atoms with Gasteiger partial charge in [0.2, 0.25) is 0 Å². The van der Waals surface area contributed by atoms with Gasteiger partial charge in [0, 0.05) is 22.6 Å². The summed E-state index contributed by atoms with van der Waals surface area (Å²) in [6, 6.07) is 30.4. The van der Waals surface area contributed by atoms with Crippen molar-refractivity contribution in [3.8, 4) is 11.3 Å². The van der Waals surface area contributed by atoms with Gasteiger partial charge in [0.15, 0.2) is 11.5 Å². The molecule has 1 aromatic heterocycles. The highest BCUT2D eigenvalue weighted by atomic mass is 35.5. The maximum atomic E-state index is 13.0. The third-order valence-electron chi connectivity index (χ3n) is 7.74. The predicted octanol–water partition coefficient (Wildman–Crippen LogP) is 8.38. The summed E-state index contributed by atoms with van der Waals surface area (Å²) in [6.45, 7) is 7.13. The number of furan rings is 1. The standard InChI is InChI=1S/C31H30Cl2O2Si/c1-31(2,3)36(23-10-6-4-7-11-23,24-12-8-5-9-13-24)20-21-14-17-28(34)30-26(21)19-29(35-30)25-16-15-22(32)18-27(25)33/h4-13,15-16,18-19,21H,14,17,20H2,1-3H3. The predicted molar refractivity (Wildman–Crippen MR) is 153 cm³/mol. The third-order valence-corrected chi connectivity index (χ3v) is 14.6. The number of ketones is 1. The molecular formula is C31H30Cl2O2Si. The van der Waals surface area contributed by atoms with Crippen molar-refractivity contribution in [3.05, 3.63) is 106 Å². The first-order valence-corrected chi connectivity index (χ1v) is 15.4. The number of Topliss-reactive ketones (excluding diaryl/α,β-unsaturated/α-hetero) is 1. The average molecular weight is 534 g/mol. The molecule has 2 nitrogen and oxygen atoms in total. The topological polar surface area (TPSA) is 30.2 Å². The van der Waals surface area contributed by atoms with E-state index in [-0.39, 0.29) is 16.7 Å². The lowest BCUT2D eigenvalue weighted by Gasteiger charge is -2.46. The minimum Gasteiger partial charge on any atom is -0.453 e. The normalized spacial score (nSPS) is 16.1. The van der Waals surface area contributed by atoms with Crippen molar-refractivity contribution in [2.24, 2.45) is 0 Å². The molecule has 0 amide bonds. The lowest BCUT2D eigenvalue weighted by molar-refractivity contribution is 0.0939. The molecule has 0 N–H and O–H groups in total. The Hall–Kier alpha value is -2.59. The fourth-order valence-electron chi connectivity index (χ4n) is 5.92. The summed E-state index contributed by atoms with van der Waals surface area (Å²) in [7, 11) is -2.31. The molecule has 3 aromatic carbocycles. The molecule has 1 heterocycles. The first-order chi connectivity index (χ1) is 17.2. The van der Waals surface area contributed by atoms with Crippen molar-refractivity contribution in [1.82, 2.24) is 0 Å². The van der Waals surface area contributed by atoms with E-state index < -0.39 is 8.07 Å². The molecule has 4 aromatic rings. The fourth-order valence-corrected chi connectivity index (χ4v) is 12.3. The molecule has 1 atom stereocenters. The summed E-state index contributed by atoms with van der Waals surface area (Å²) < 4.78 is 6.21. The van der Waals surface area contributed by atoms with Gasteiger partial charge in [-0.25, -0.2) is 0 Å². The fraction of sp³-hybridized carbons (Fsp3) is 0.258. The number of hydrogen-bond donors (Lipinski definition) is 0. The van der Waals surface area contributed by atoms with Gasteiger partial charge in [-0.2, -0.15) is 0 Å². The number of rotatable bonds is 5. The molecule has 0 saturated heterocycles. The van der Waals surface area contributed by atoms with Crippen LogP contribution in [-0.4, -0.2) is 13.9 Å². The van der Waals surface area contributed by atoms with Crippen molar-refractivity contribution in [2.75, 3.05) is 0 Å². The molecule has 184 valence electrons. The smallest absolute Gasteiger partial charge is 0.198 e. The molecule has 1 aliphatic carbocycles. The van der Waals surface area contributed by atoms with Crippen LogP contribution in [0.3, 0.4) is 0 Å². The second kappa shape index (κ2) is 9.70. The Morgan fingerprint density at radius 1 is 0.889 bits per heavy atom. The molecule has 5 rings (SSSR count). The number of halogens is 2. The zero-order valence-electron chi connectivity index (χ0n) is 20.9. The zero-order chi connectivity index (χ0) is 25.5. The summed E-state index contributed by atoms with van der Waals surface area (Å²) in [6.07, 6.45) is 1.32. The number of hydrogen-bond acceptors (Lipinski definition) is 2. The maximum Gasteiger partial charge on any atom is 0.198 e. The third kappa shape index (κ3) is 4.38. The SMILES string of the molecule is CC(C)(C)[Si](CC1CCC(=O)c2oc(-c3ccc(Cl)cc3Cl)cc21)(c1ccccc1)c1ccccc1. The summed E-state index contributed by atoms with van der Waals surface area (Å²) in [5, 5.41) is 3.98. The van der Waals surface area contributed by atoms with Gasteiger partial charge in [-0.15, -0.1) is 0 Å². The van der Waals surface area contributed by atoms with E-state index in [1.54, 1.807) is 12.1 Å². The van der Waals surface area contributed by atoms with Gasteiger partial charge in [-0.05, 0) is 47.7 Å². The molecule has 0 saturated carbocycles. The molecule has 0 spiro atoms. The van der Waals surface area contributed by atoms with Crippen LogP contribution in [-0.2, 0) is 0 Å². The second-order valence-electron chi connectivity index (χ2n) is 10.8. The Bertz CT molecular complexity index is 1350. The Balaban J connectivity index is 1.66. The molecule has 0 radical (unpaired) electrons. The monoisotopic (exact) mass is 532 g/mol. The molecule has 1 unspecified atom stereocenters. The van der Waals surface area contributed by atoms with Gasteiger partial charge in [0.1, 0.15) is 13.8 Å². The Labute approximate surface area is 224 Å². The number of carbonyl (C=O) groups is 1. The highest BCUT2D eigenvalue weighted by Crippen LogP contribution is 2.47. The van der Waals surface area contributed by atoms with Gasteiger partial charge in [-0.1, -0.05) is 115 Å². The Kier molecular flexibility index (Phi) is 6.76. The molecule has 5 heteroatoms. The lowest BCUT2D eigenvalue weighted by atomic mass is 9.87. The second-order valence-corrected chi connectivity index (χ2v) is 16.5. The minimum atomic E-state index is -2.31. The van der Waals surface area contributed by atoms with Crippen LogP contribution in [0.25, 0.3) is 11.3 Å². The van der Waals surface area contributed by atoms with Crippen LogP contribution in [0.15, 0.2) is 89.3 Å². The van der Waals surface area contributed by atoms with Crippen LogP contribution in [0.1, 0.15) is 55.6 Å². The van der Waals surface area contributed by atoms with E-state index in [1.807, 2.05) is 12.1 Å². The summed E-state index contributed by atoms with van der Waals surface area (Å²) >= 11 is 12.6. The van der Waals surface area contributed by atoms with E-state index in [2.05, 4.69) is 81.4 Å². The average Bonchev–Trinajstić information content (AvgIpc) is 3.30. The molecule has 0 fully saturated rings. The van der Waals surface area contributed by atoms with Crippen molar-refractivity contribution in [2.45, 2.75) is 50.6 Å². The van der Waals surface area contributed by atoms with Crippen LogP contribution >= 0.6 is 23.2 Å². The Morgan fingerprint density at radius 2 is 1.50 bits per heavy atom. The minimum absolute atomic E-state index is 0.0450. The molecule has 0 aliphatic heterocycles. The Morgan fingerprint density at radius 3 is 2.06 bits per heavy atom. The zero-order valence-corrected chi connectivity index (χ0v) is 23.4. The summed E-state index contributed by atoms with van der Waals surface area (Å²) in [4.78, 5) is 13.0. The first-order valence-electron chi connectivity index (χ1n) is 12.4. The summed E-state index contributed by atoms with van der Waals surface area (Å²) in [5.41, 5.74) is 1.77. The van der Waals surface area contributed by atoms with Crippen LogP contribution in [0.4, 0.5) is 0 Å². The number of fused-ring (bicyclic) bond motifs is 1. The van der Waals surface area contributed by atoms with E-state index in [0.717, 1.165) is 23.6 Å². The van der Waals surface area contributed by atoms with Crippen LogP contribution < -0.4 is 10.4 Å². The van der Waals surface area contributed by atoms with Gasteiger partial charge in [0.25, 0.3) is 0 Å². The van der Waals surface area contributed by atoms with Gasteiger partial charge >= 0.3 is 0 Å². The van der Waals surface area contributed by atoms with Crippen molar-refractivity contribution in [3.63, 3.8) is 0 Å². The largest absolute Gasteiger partial charge is 0.453 e. The van der Waals surface area contributed by atoms with Crippen molar-refractivity contribution >= 4 is 47.4 Å². The number of carbonyl (C=O) groups excluding carboxylic acids is 1. The van der Waals surface area contributed by atoms with E-state index in [1.165, 1.54) is 10.4 Å². The van der Waals surface area contributed by atoms with E-state index in [0.29, 0.717) is 28.0 Å². The molecule has 1 aliphatic rings. The van der Waals surface area contributed by atoms with E-state index >= 15 is 0 Å². The maximum absolute atomic E-state index is 13.0. The highest BCUT2D eigenvalue weighted by Gasteiger charge is 2.49. The van der Waals surface area contributed by atoms with Crippen LogP contribution in [0.5, 0.6) is 0 Å². The van der Waals surface area contributed by atoms with Gasteiger partial charge in [-0.3, -0.25) is 4.79 Å². The number of benzene rings is 3. The van der Waals surface area contributed by atoms with Gasteiger partial charge < -0.3 is 4.42 Å². The quantitative estimate of drug-likeness (QED) is 0.241. The van der Waals surface area contributed by atoms with Crippen LogP contribution in [0, 0.1) is 0 Å². The molecule has 0 bridgehead atoms. The lowest BCUT2D eigenvalue weighted by Crippen LogP contribution is -2.64. The van der Waals surface area contributed by atoms with Crippen LogP contribution in [0.2, 0.25) is 21.1 Å². The first kappa shape index (κ1) is 25.1. The van der Waals surface area contributed by atoms with Crippen molar-refractivity contribution < 1.29 is 9.21 Å². The summed E-state index contributed by atoms with van der Waals surface area (Å²) in [5.74, 6) is 1.40. The highest BCUT2D eigenvalue weighted by molar-refractivity contribution is 7.04. The molecular weight excluding hydrogens is 503 g/mol. The van der Waals surface area contributed by atoms with E-state index in [9.17, 15) is 4.79 Å². The molecule has 36 heavy (non-hydrogen) atoms. The van der Waals surface area contributed by atoms with E-state index in [4.69, 9.17) is 27.6 Å². The van der Waals surface area contributed by atoms with Gasteiger partial charge in [0.05, 0.1) is 5.02 Å². The van der Waals surface area contributed by atoms with Crippen molar-refractivity contribution in [1.29, 1.82) is 0 Å².